The predicted octanol–water partition coefficient (Wildman–Crippen LogP) is 3.90. The minimum absolute atomic E-state index is 0.235. The molecule has 0 aromatic heterocycles. The third kappa shape index (κ3) is 4.72. The first kappa shape index (κ1) is 20.8. The van der Waals surface area contributed by atoms with E-state index in [0.717, 1.165) is 11.9 Å². The molecule has 0 spiro atoms. The average Bonchev–Trinajstić information content (AvgIpc) is 2.66. The molecule has 1 fully saturated rings. The molecular weight excluding hydrogens is 373 g/mol. The molecule has 0 radical (unpaired) electrons. The van der Waals surface area contributed by atoms with Gasteiger partial charge in [0.2, 0.25) is 0 Å². The molecule has 6 nitrogen and oxygen atoms in total. The molecule has 3 rings (SSSR count). The second-order valence-corrected chi connectivity index (χ2v) is 8.49. The molecule has 1 unspecified atom stereocenters. The number of hydrogen-bond acceptors (Lipinski definition) is 5. The Labute approximate surface area is 169 Å². The highest BCUT2D eigenvalue weighted by atomic mass is 19.1. The van der Waals surface area contributed by atoms with Gasteiger partial charge in [-0.2, -0.15) is 0 Å². The van der Waals surface area contributed by atoms with Crippen LogP contribution >= 0.6 is 0 Å². The van der Waals surface area contributed by atoms with Crippen molar-refractivity contribution in [3.8, 4) is 0 Å². The van der Waals surface area contributed by atoms with Crippen molar-refractivity contribution in [2.45, 2.75) is 39.2 Å². The van der Waals surface area contributed by atoms with E-state index in [1.807, 2.05) is 26.8 Å². The van der Waals surface area contributed by atoms with Crippen LogP contribution in [0, 0.1) is 11.2 Å². The van der Waals surface area contributed by atoms with Crippen LogP contribution < -0.4 is 5.73 Å². The molecule has 1 saturated heterocycles. The minimum atomic E-state index is -0.845. The molecule has 1 aromatic carbocycles. The number of ether oxygens (including phenoxy) is 1. The highest BCUT2D eigenvalue weighted by Crippen LogP contribution is 2.42. The smallest absolute Gasteiger partial charge is 0.410 e. The van der Waals surface area contributed by atoms with Crippen LogP contribution in [0.25, 0.3) is 0 Å². The third-order valence-electron chi connectivity index (χ3n) is 5.04. The second-order valence-electron chi connectivity index (χ2n) is 8.49. The summed E-state index contributed by atoms with van der Waals surface area (Å²) in [7, 11) is 0. The number of fused-ring (bicyclic) bond motifs is 1. The first-order valence-corrected chi connectivity index (χ1v) is 9.55. The summed E-state index contributed by atoms with van der Waals surface area (Å²) in [5.74, 6) is -0.336. The first-order chi connectivity index (χ1) is 13.6. The van der Waals surface area contributed by atoms with Crippen molar-refractivity contribution in [2.75, 3.05) is 13.1 Å². The van der Waals surface area contributed by atoms with Gasteiger partial charge in [0.1, 0.15) is 17.7 Å². The monoisotopic (exact) mass is 399 g/mol. The van der Waals surface area contributed by atoms with Gasteiger partial charge >= 0.3 is 6.09 Å². The number of hydrogen-bond donors (Lipinski definition) is 1. The van der Waals surface area contributed by atoms with E-state index >= 15 is 0 Å². The Kier molecular flexibility index (Phi) is 5.59. The van der Waals surface area contributed by atoms with Crippen LogP contribution in [-0.4, -0.2) is 42.2 Å². The van der Waals surface area contributed by atoms with E-state index in [4.69, 9.17) is 10.5 Å². The van der Waals surface area contributed by atoms with Crippen LogP contribution in [0.5, 0.6) is 0 Å². The van der Waals surface area contributed by atoms with E-state index in [1.165, 1.54) is 12.1 Å². The van der Waals surface area contributed by atoms with Gasteiger partial charge in [-0.3, -0.25) is 4.99 Å². The van der Waals surface area contributed by atoms with Gasteiger partial charge in [0.25, 0.3) is 0 Å². The Bertz CT molecular complexity index is 897. The van der Waals surface area contributed by atoms with Gasteiger partial charge < -0.3 is 20.2 Å². The fraction of sp³-hybridized carbons (Fsp3) is 0.409. The zero-order chi connectivity index (χ0) is 21.2. The lowest BCUT2D eigenvalue weighted by Crippen LogP contribution is -2.50. The number of benzene rings is 1. The molecule has 2 N–H and O–H groups in total. The topological polar surface area (TPSA) is 85.0 Å². The number of piperidine rings is 1. The molecule has 1 aromatic rings. The van der Waals surface area contributed by atoms with Crippen molar-refractivity contribution in [3.63, 3.8) is 0 Å². The summed E-state index contributed by atoms with van der Waals surface area (Å²) in [6, 6.07) is 5.78. The SMILES string of the molecule is CC(C)(C)OC(=O)N1CCC2=CC(N)=C(C=Nc3ccc(F)cc3)CC2(C=O)C1. The number of nitrogens with two attached hydrogens (primary N) is 1. The summed E-state index contributed by atoms with van der Waals surface area (Å²) in [6.07, 6.45) is 4.79. The molecule has 0 bridgehead atoms. The molecule has 154 valence electrons. The van der Waals surface area contributed by atoms with Crippen molar-refractivity contribution in [1.82, 2.24) is 4.90 Å². The zero-order valence-electron chi connectivity index (χ0n) is 16.9. The standard InChI is InChI=1S/C22H26FN3O3/c1-21(2,3)29-20(28)26-9-8-16-10-19(24)15(11-22(16,13-26)14-27)12-25-18-6-4-17(23)5-7-18/h4-7,10,12,14H,8-9,11,13,24H2,1-3H3. The van der Waals surface area contributed by atoms with Gasteiger partial charge in [0.05, 0.1) is 11.1 Å². The van der Waals surface area contributed by atoms with Crippen molar-refractivity contribution in [2.24, 2.45) is 16.1 Å². The Morgan fingerprint density at radius 2 is 2.00 bits per heavy atom. The average molecular weight is 399 g/mol. The maximum atomic E-state index is 13.1. The van der Waals surface area contributed by atoms with Crippen LogP contribution in [0.15, 0.2) is 52.2 Å². The summed E-state index contributed by atoms with van der Waals surface area (Å²) in [4.78, 5) is 30.6. The Hall–Kier alpha value is -2.96. The number of amides is 1. The maximum absolute atomic E-state index is 13.1. The largest absolute Gasteiger partial charge is 0.444 e. The number of rotatable bonds is 3. The highest BCUT2D eigenvalue weighted by molar-refractivity contribution is 5.86. The zero-order valence-corrected chi connectivity index (χ0v) is 16.9. The number of nitrogens with zero attached hydrogens (tertiary/aromatic N) is 2. The molecular formula is C22H26FN3O3. The minimum Gasteiger partial charge on any atom is -0.444 e. The van der Waals surface area contributed by atoms with E-state index in [1.54, 1.807) is 23.2 Å². The van der Waals surface area contributed by atoms with E-state index in [9.17, 15) is 14.0 Å². The molecule has 2 aliphatic rings. The van der Waals surface area contributed by atoms with Crippen molar-refractivity contribution >= 4 is 24.3 Å². The number of aldehydes is 1. The molecule has 1 aliphatic carbocycles. The van der Waals surface area contributed by atoms with E-state index in [2.05, 4.69) is 4.99 Å². The fourth-order valence-electron chi connectivity index (χ4n) is 3.57. The Balaban J connectivity index is 1.82. The predicted molar refractivity (Wildman–Crippen MR) is 109 cm³/mol. The molecule has 7 heteroatoms. The first-order valence-electron chi connectivity index (χ1n) is 9.55. The summed E-state index contributed by atoms with van der Waals surface area (Å²) >= 11 is 0. The van der Waals surface area contributed by atoms with Gasteiger partial charge in [-0.05, 0) is 69.5 Å². The lowest BCUT2D eigenvalue weighted by atomic mass is 9.69. The highest BCUT2D eigenvalue weighted by Gasteiger charge is 2.44. The van der Waals surface area contributed by atoms with Crippen LogP contribution in [0.3, 0.4) is 0 Å². The Morgan fingerprint density at radius 3 is 2.62 bits per heavy atom. The fourth-order valence-corrected chi connectivity index (χ4v) is 3.57. The van der Waals surface area contributed by atoms with Crippen molar-refractivity contribution in [1.29, 1.82) is 0 Å². The number of carbonyl (C=O) groups excluding carboxylic acids is 2. The second kappa shape index (κ2) is 7.81. The molecule has 1 atom stereocenters. The van der Waals surface area contributed by atoms with Gasteiger partial charge in [0, 0.05) is 25.0 Å². The quantitative estimate of drug-likeness (QED) is 0.617. The normalized spacial score (nSPS) is 22.3. The van der Waals surface area contributed by atoms with Crippen molar-refractivity contribution in [3.05, 3.63) is 53.0 Å². The molecule has 29 heavy (non-hydrogen) atoms. The summed E-state index contributed by atoms with van der Waals surface area (Å²) in [6.45, 7) is 6.14. The van der Waals surface area contributed by atoms with Crippen LogP contribution in [0.1, 0.15) is 33.6 Å². The Morgan fingerprint density at radius 1 is 1.31 bits per heavy atom. The maximum Gasteiger partial charge on any atom is 0.410 e. The van der Waals surface area contributed by atoms with E-state index in [-0.39, 0.29) is 12.4 Å². The molecule has 1 amide bonds. The van der Waals surface area contributed by atoms with Gasteiger partial charge in [-0.15, -0.1) is 0 Å². The van der Waals surface area contributed by atoms with Gasteiger partial charge in [-0.1, -0.05) is 5.57 Å². The van der Waals surface area contributed by atoms with E-state index < -0.39 is 17.1 Å². The van der Waals surface area contributed by atoms with Gasteiger partial charge in [0.15, 0.2) is 0 Å². The van der Waals surface area contributed by atoms with Crippen molar-refractivity contribution < 1.29 is 18.7 Å². The number of carbonyl (C=O) groups is 2. The number of allylic oxidation sites excluding steroid dienone is 2. The number of halogens is 1. The van der Waals surface area contributed by atoms with Crippen LogP contribution in [0.4, 0.5) is 14.9 Å². The number of aliphatic imine (C=N–C) groups is 1. The van der Waals surface area contributed by atoms with E-state index in [0.29, 0.717) is 36.3 Å². The van der Waals surface area contributed by atoms with Crippen LogP contribution in [0.2, 0.25) is 0 Å². The lowest BCUT2D eigenvalue weighted by molar-refractivity contribution is -0.116. The third-order valence-corrected chi connectivity index (χ3v) is 5.04. The summed E-state index contributed by atoms with van der Waals surface area (Å²) in [5, 5.41) is 0. The van der Waals surface area contributed by atoms with Gasteiger partial charge in [-0.25, -0.2) is 9.18 Å². The summed E-state index contributed by atoms with van der Waals surface area (Å²) < 4.78 is 18.5. The lowest BCUT2D eigenvalue weighted by Gasteiger charge is -2.43. The molecule has 1 aliphatic heterocycles. The van der Waals surface area contributed by atoms with Crippen LogP contribution in [-0.2, 0) is 9.53 Å². The molecule has 1 heterocycles. The molecule has 0 saturated carbocycles. The summed E-state index contributed by atoms with van der Waals surface area (Å²) in [5.41, 5.74) is 7.50. The number of likely N-dealkylation sites (tertiary alicyclic amines) is 1.